The Morgan fingerprint density at radius 1 is 1.33 bits per heavy atom. The van der Waals surface area contributed by atoms with Gasteiger partial charge in [-0.15, -0.1) is 0 Å². The molecular weight excluding hydrogens is 399 g/mol. The fourth-order valence-electron chi connectivity index (χ4n) is 1.96. The molecule has 0 N–H and O–H groups in total. The Balaban J connectivity index is 2.97. The van der Waals surface area contributed by atoms with Crippen molar-refractivity contribution < 1.29 is 13.2 Å². The van der Waals surface area contributed by atoms with Gasteiger partial charge in [0.2, 0.25) is 0 Å². The smallest absolute Gasteiger partial charge is 0.265 e. The lowest BCUT2D eigenvalue weighted by atomic mass is 10.0. The summed E-state index contributed by atoms with van der Waals surface area (Å²) in [6, 6.07) is 2.99. The molecule has 7 heteroatoms. The third-order valence-corrected chi connectivity index (χ3v) is 5.31. The lowest BCUT2D eigenvalue weighted by Gasteiger charge is -2.18. The van der Waals surface area contributed by atoms with E-state index >= 15 is 0 Å². The van der Waals surface area contributed by atoms with Gasteiger partial charge < -0.3 is 4.74 Å². The van der Waals surface area contributed by atoms with Gasteiger partial charge in [-0.05, 0) is 24.5 Å². The van der Waals surface area contributed by atoms with Crippen LogP contribution in [0.15, 0.2) is 21.5 Å². The summed E-state index contributed by atoms with van der Waals surface area (Å²) in [6.07, 6.45) is 4.26. The van der Waals surface area contributed by atoms with Crippen LogP contribution >= 0.6 is 38.2 Å². The zero-order chi connectivity index (χ0) is 16.0. The van der Waals surface area contributed by atoms with Gasteiger partial charge in [0.05, 0.1) is 11.6 Å². The Morgan fingerprint density at radius 2 is 2.00 bits per heavy atom. The van der Waals surface area contributed by atoms with Crippen LogP contribution in [-0.2, 0) is 9.05 Å². The number of benzene rings is 1. The maximum Gasteiger partial charge on any atom is 0.265 e. The number of ether oxygens (including phenoxy) is 1. The molecular formula is C14H19BrCl2O3S. The van der Waals surface area contributed by atoms with Crippen LogP contribution in [0.25, 0.3) is 0 Å². The average Bonchev–Trinajstić information content (AvgIpc) is 2.39. The molecule has 0 saturated heterocycles. The van der Waals surface area contributed by atoms with E-state index in [0.717, 1.165) is 25.7 Å². The summed E-state index contributed by atoms with van der Waals surface area (Å²) in [5.41, 5.74) is 0. The molecule has 3 nitrogen and oxygen atoms in total. The molecule has 1 atom stereocenters. The number of halogens is 3. The van der Waals surface area contributed by atoms with E-state index in [0.29, 0.717) is 17.0 Å². The first-order valence-corrected chi connectivity index (χ1v) is 10.3. The van der Waals surface area contributed by atoms with Crippen LogP contribution in [0.3, 0.4) is 0 Å². The second-order valence-corrected chi connectivity index (χ2v) is 8.74. The highest BCUT2D eigenvalue weighted by Crippen LogP contribution is 2.37. The molecule has 120 valence electrons. The van der Waals surface area contributed by atoms with Crippen molar-refractivity contribution in [3.63, 3.8) is 0 Å². The zero-order valence-electron chi connectivity index (χ0n) is 12.0. The number of hydrogen-bond donors (Lipinski definition) is 0. The third kappa shape index (κ3) is 5.97. The SMILES string of the molecule is CCCCC(CC)COc1c(Cl)cc(Br)cc1S(=O)(=O)Cl. The Bertz CT molecular complexity index is 576. The number of hydrogen-bond acceptors (Lipinski definition) is 3. The molecule has 0 bridgehead atoms. The van der Waals surface area contributed by atoms with Crippen LogP contribution in [-0.4, -0.2) is 15.0 Å². The molecule has 1 rings (SSSR count). The van der Waals surface area contributed by atoms with Crippen molar-refractivity contribution in [2.45, 2.75) is 44.4 Å². The maximum absolute atomic E-state index is 11.7. The summed E-state index contributed by atoms with van der Waals surface area (Å²) in [5, 5.41) is 0.231. The van der Waals surface area contributed by atoms with Crippen LogP contribution in [0.4, 0.5) is 0 Å². The van der Waals surface area contributed by atoms with Crippen molar-refractivity contribution in [1.29, 1.82) is 0 Å². The number of unbranched alkanes of at least 4 members (excludes halogenated alkanes) is 1. The van der Waals surface area contributed by atoms with Crippen molar-refractivity contribution in [3.8, 4) is 5.75 Å². The molecule has 1 aromatic rings. The molecule has 0 amide bonds. The van der Waals surface area contributed by atoms with Gasteiger partial charge >= 0.3 is 0 Å². The van der Waals surface area contributed by atoms with Crippen LogP contribution < -0.4 is 4.74 Å². The van der Waals surface area contributed by atoms with E-state index < -0.39 is 9.05 Å². The molecule has 1 unspecified atom stereocenters. The molecule has 0 heterocycles. The summed E-state index contributed by atoms with van der Waals surface area (Å²) in [5.74, 6) is 0.500. The lowest BCUT2D eigenvalue weighted by molar-refractivity contribution is 0.228. The van der Waals surface area contributed by atoms with E-state index in [1.165, 1.54) is 6.07 Å². The number of rotatable bonds is 8. The summed E-state index contributed by atoms with van der Waals surface area (Å²) in [4.78, 5) is -0.103. The largest absolute Gasteiger partial charge is 0.490 e. The molecule has 1 aromatic carbocycles. The second kappa shape index (κ2) is 8.61. The van der Waals surface area contributed by atoms with Crippen molar-refractivity contribution in [3.05, 3.63) is 21.6 Å². The summed E-state index contributed by atoms with van der Waals surface area (Å²) < 4.78 is 29.5. The summed E-state index contributed by atoms with van der Waals surface area (Å²) in [6.45, 7) is 4.65. The minimum Gasteiger partial charge on any atom is -0.490 e. The monoisotopic (exact) mass is 416 g/mol. The highest BCUT2D eigenvalue weighted by Gasteiger charge is 2.21. The first kappa shape index (κ1) is 19.1. The third-order valence-electron chi connectivity index (χ3n) is 3.24. The van der Waals surface area contributed by atoms with Crippen molar-refractivity contribution >= 4 is 47.3 Å². The quantitative estimate of drug-likeness (QED) is 0.515. The lowest BCUT2D eigenvalue weighted by Crippen LogP contribution is -2.13. The van der Waals surface area contributed by atoms with Crippen LogP contribution in [0, 0.1) is 5.92 Å². The maximum atomic E-state index is 11.7. The first-order valence-electron chi connectivity index (χ1n) is 6.86. The van der Waals surface area contributed by atoms with Gasteiger partial charge in [-0.3, -0.25) is 0 Å². The Morgan fingerprint density at radius 3 is 2.52 bits per heavy atom. The topological polar surface area (TPSA) is 43.4 Å². The van der Waals surface area contributed by atoms with Gasteiger partial charge in [-0.2, -0.15) is 0 Å². The highest BCUT2D eigenvalue weighted by atomic mass is 79.9. The van der Waals surface area contributed by atoms with E-state index in [1.807, 2.05) is 0 Å². The van der Waals surface area contributed by atoms with Crippen molar-refractivity contribution in [1.82, 2.24) is 0 Å². The van der Waals surface area contributed by atoms with Crippen LogP contribution in [0.5, 0.6) is 5.75 Å². The first-order chi connectivity index (χ1) is 9.79. The van der Waals surface area contributed by atoms with Crippen molar-refractivity contribution in [2.24, 2.45) is 5.92 Å². The minimum atomic E-state index is -3.92. The average molecular weight is 418 g/mol. The van der Waals surface area contributed by atoms with E-state index in [4.69, 9.17) is 27.0 Å². The van der Waals surface area contributed by atoms with Gasteiger partial charge in [0.1, 0.15) is 4.90 Å². The van der Waals surface area contributed by atoms with Gasteiger partial charge in [-0.1, -0.05) is 60.6 Å². The Labute approximate surface area is 144 Å². The standard InChI is InChI=1S/C14H19BrCl2O3S/c1-3-5-6-10(4-2)9-20-14-12(16)7-11(15)8-13(14)21(17,18)19/h7-8,10H,3-6,9H2,1-2H3. The molecule has 0 saturated carbocycles. The van der Waals surface area contributed by atoms with E-state index in [2.05, 4.69) is 29.8 Å². The van der Waals surface area contributed by atoms with Crippen LogP contribution in [0.1, 0.15) is 39.5 Å². The van der Waals surface area contributed by atoms with E-state index in [9.17, 15) is 8.42 Å². The van der Waals surface area contributed by atoms with Gasteiger partial charge in [0.25, 0.3) is 9.05 Å². The fourth-order valence-corrected chi connectivity index (χ4v) is 4.03. The predicted molar refractivity (Wildman–Crippen MR) is 91.0 cm³/mol. The summed E-state index contributed by atoms with van der Waals surface area (Å²) >= 11 is 9.30. The molecule has 0 fully saturated rings. The predicted octanol–water partition coefficient (Wildman–Crippen LogP) is 5.63. The molecule has 0 radical (unpaired) electrons. The van der Waals surface area contributed by atoms with Gasteiger partial charge in [0, 0.05) is 15.2 Å². The molecule has 0 aromatic heterocycles. The zero-order valence-corrected chi connectivity index (χ0v) is 15.9. The molecule has 21 heavy (non-hydrogen) atoms. The van der Waals surface area contributed by atoms with Crippen LogP contribution in [0.2, 0.25) is 5.02 Å². The fraction of sp³-hybridized carbons (Fsp3) is 0.571. The van der Waals surface area contributed by atoms with Gasteiger partial charge in [0.15, 0.2) is 5.75 Å². The minimum absolute atomic E-state index is 0.103. The van der Waals surface area contributed by atoms with Crippen molar-refractivity contribution in [2.75, 3.05) is 6.61 Å². The molecule has 0 aliphatic heterocycles. The molecule has 0 aliphatic carbocycles. The highest BCUT2D eigenvalue weighted by molar-refractivity contribution is 9.10. The van der Waals surface area contributed by atoms with E-state index in [1.54, 1.807) is 6.07 Å². The second-order valence-electron chi connectivity index (χ2n) is 4.88. The van der Waals surface area contributed by atoms with E-state index in [-0.39, 0.29) is 15.7 Å². The Kier molecular flexibility index (Phi) is 7.82. The van der Waals surface area contributed by atoms with Gasteiger partial charge in [-0.25, -0.2) is 8.42 Å². The summed E-state index contributed by atoms with van der Waals surface area (Å²) in [7, 11) is 1.54. The normalized spacial score (nSPS) is 13.2. The Hall–Kier alpha value is 0.0300. The molecule has 0 aliphatic rings. The molecule has 0 spiro atoms.